The SMILES string of the molecule is COc1cc(C(C)NC(=O)c2cccc(C(=O)O)n2)ccc1OCC(C)C. The van der Waals surface area contributed by atoms with Crippen LogP contribution >= 0.6 is 0 Å². The lowest BCUT2D eigenvalue weighted by Crippen LogP contribution is -2.27. The number of rotatable bonds is 8. The molecule has 2 N–H and O–H groups in total. The summed E-state index contributed by atoms with van der Waals surface area (Å²) in [5.41, 5.74) is 0.695. The first kappa shape index (κ1) is 20.2. The molecule has 0 aliphatic rings. The summed E-state index contributed by atoms with van der Waals surface area (Å²) in [4.78, 5) is 27.2. The monoisotopic (exact) mass is 372 g/mol. The fraction of sp³-hybridized carbons (Fsp3) is 0.350. The Bertz CT molecular complexity index is 820. The first-order valence-corrected chi connectivity index (χ1v) is 8.63. The number of hydrogen-bond donors (Lipinski definition) is 2. The van der Waals surface area contributed by atoms with Gasteiger partial charge in [0.25, 0.3) is 5.91 Å². The minimum absolute atomic E-state index is 0.0469. The van der Waals surface area contributed by atoms with Gasteiger partial charge in [-0.3, -0.25) is 4.79 Å². The third-order valence-corrected chi connectivity index (χ3v) is 3.81. The molecule has 1 atom stereocenters. The second-order valence-corrected chi connectivity index (χ2v) is 6.52. The molecule has 7 heteroatoms. The summed E-state index contributed by atoms with van der Waals surface area (Å²) in [6.45, 7) is 6.52. The minimum Gasteiger partial charge on any atom is -0.493 e. The van der Waals surface area contributed by atoms with E-state index in [1.807, 2.05) is 25.1 Å². The molecule has 0 saturated heterocycles. The minimum atomic E-state index is -1.18. The normalized spacial score (nSPS) is 11.7. The molecule has 0 aliphatic heterocycles. The predicted octanol–water partition coefficient (Wildman–Crippen LogP) is 3.31. The molecule has 0 bridgehead atoms. The highest BCUT2D eigenvalue weighted by atomic mass is 16.5. The van der Waals surface area contributed by atoms with Gasteiger partial charge in [-0.25, -0.2) is 9.78 Å². The van der Waals surface area contributed by atoms with Gasteiger partial charge in [-0.2, -0.15) is 0 Å². The lowest BCUT2D eigenvalue weighted by molar-refractivity contribution is 0.0690. The Balaban J connectivity index is 2.13. The number of aromatic carboxylic acids is 1. The molecular formula is C20H24N2O5. The van der Waals surface area contributed by atoms with Crippen LogP contribution in [0.25, 0.3) is 0 Å². The highest BCUT2D eigenvalue weighted by Gasteiger charge is 2.16. The number of carboxylic acid groups (broad SMARTS) is 1. The van der Waals surface area contributed by atoms with Gasteiger partial charge in [-0.1, -0.05) is 26.0 Å². The number of amides is 1. The Morgan fingerprint density at radius 1 is 1.11 bits per heavy atom. The van der Waals surface area contributed by atoms with Crippen molar-refractivity contribution in [2.24, 2.45) is 5.92 Å². The van der Waals surface area contributed by atoms with E-state index in [4.69, 9.17) is 14.6 Å². The Hall–Kier alpha value is -3.09. The maximum absolute atomic E-state index is 12.4. The number of ether oxygens (including phenoxy) is 2. The highest BCUT2D eigenvalue weighted by Crippen LogP contribution is 2.30. The predicted molar refractivity (Wildman–Crippen MR) is 100 cm³/mol. The molecule has 2 aromatic rings. The maximum atomic E-state index is 12.4. The van der Waals surface area contributed by atoms with Crippen molar-refractivity contribution in [3.63, 3.8) is 0 Å². The lowest BCUT2D eigenvalue weighted by Gasteiger charge is -2.17. The molecule has 0 saturated carbocycles. The van der Waals surface area contributed by atoms with E-state index in [0.717, 1.165) is 5.56 Å². The first-order valence-electron chi connectivity index (χ1n) is 8.63. The van der Waals surface area contributed by atoms with Gasteiger partial charge < -0.3 is 19.9 Å². The molecule has 1 heterocycles. The van der Waals surface area contributed by atoms with Crippen LogP contribution < -0.4 is 14.8 Å². The van der Waals surface area contributed by atoms with Gasteiger partial charge in [-0.05, 0) is 42.7 Å². The quantitative estimate of drug-likeness (QED) is 0.738. The van der Waals surface area contributed by atoms with E-state index >= 15 is 0 Å². The van der Waals surface area contributed by atoms with Crippen LogP contribution in [0.3, 0.4) is 0 Å². The van der Waals surface area contributed by atoms with E-state index in [1.165, 1.54) is 18.2 Å². The average molecular weight is 372 g/mol. The molecule has 27 heavy (non-hydrogen) atoms. The van der Waals surface area contributed by atoms with Gasteiger partial charge in [0.15, 0.2) is 11.5 Å². The topological polar surface area (TPSA) is 97.8 Å². The van der Waals surface area contributed by atoms with Crippen LogP contribution in [0.15, 0.2) is 36.4 Å². The van der Waals surface area contributed by atoms with Crippen molar-refractivity contribution in [3.05, 3.63) is 53.3 Å². The number of aromatic nitrogens is 1. The number of benzene rings is 1. The van der Waals surface area contributed by atoms with E-state index in [1.54, 1.807) is 7.11 Å². The summed E-state index contributed by atoms with van der Waals surface area (Å²) in [7, 11) is 1.56. The summed E-state index contributed by atoms with van der Waals surface area (Å²) >= 11 is 0. The number of carbonyl (C=O) groups excluding carboxylic acids is 1. The molecular weight excluding hydrogens is 348 g/mol. The van der Waals surface area contributed by atoms with E-state index in [2.05, 4.69) is 24.1 Å². The smallest absolute Gasteiger partial charge is 0.354 e. The fourth-order valence-electron chi connectivity index (χ4n) is 2.36. The molecule has 0 radical (unpaired) electrons. The van der Waals surface area contributed by atoms with E-state index < -0.39 is 11.9 Å². The third-order valence-electron chi connectivity index (χ3n) is 3.81. The van der Waals surface area contributed by atoms with Crippen LogP contribution in [-0.4, -0.2) is 35.7 Å². The van der Waals surface area contributed by atoms with Crippen LogP contribution in [0.5, 0.6) is 11.5 Å². The number of nitrogens with zero attached hydrogens (tertiary/aromatic N) is 1. The number of carboxylic acids is 1. The second kappa shape index (κ2) is 9.02. The first-order chi connectivity index (χ1) is 12.8. The molecule has 0 fully saturated rings. The zero-order valence-electron chi connectivity index (χ0n) is 15.9. The largest absolute Gasteiger partial charge is 0.493 e. The highest BCUT2D eigenvalue weighted by molar-refractivity contribution is 5.94. The van der Waals surface area contributed by atoms with E-state index in [0.29, 0.717) is 24.0 Å². The summed E-state index contributed by atoms with van der Waals surface area (Å²) in [5.74, 6) is -0.0182. The number of hydrogen-bond acceptors (Lipinski definition) is 5. The molecule has 0 aliphatic carbocycles. The second-order valence-electron chi connectivity index (χ2n) is 6.52. The molecule has 7 nitrogen and oxygen atoms in total. The van der Waals surface area contributed by atoms with Gasteiger partial charge in [0.2, 0.25) is 0 Å². The van der Waals surface area contributed by atoms with Gasteiger partial charge in [0.05, 0.1) is 19.8 Å². The molecule has 1 unspecified atom stereocenters. The van der Waals surface area contributed by atoms with Crippen LogP contribution in [0.2, 0.25) is 0 Å². The number of methoxy groups -OCH3 is 1. The fourth-order valence-corrected chi connectivity index (χ4v) is 2.36. The van der Waals surface area contributed by atoms with Gasteiger partial charge >= 0.3 is 5.97 Å². The number of carbonyl (C=O) groups is 2. The molecule has 144 valence electrons. The Kier molecular flexibility index (Phi) is 6.76. The number of pyridine rings is 1. The summed E-state index contributed by atoms with van der Waals surface area (Å²) < 4.78 is 11.1. The average Bonchev–Trinajstić information content (AvgIpc) is 2.66. The summed E-state index contributed by atoms with van der Waals surface area (Å²) in [6, 6.07) is 9.43. The lowest BCUT2D eigenvalue weighted by atomic mass is 10.1. The summed E-state index contributed by atoms with van der Waals surface area (Å²) in [6.07, 6.45) is 0. The van der Waals surface area contributed by atoms with Crippen LogP contribution in [0, 0.1) is 5.92 Å². The van der Waals surface area contributed by atoms with Gasteiger partial charge in [0.1, 0.15) is 11.4 Å². The van der Waals surface area contributed by atoms with E-state index in [-0.39, 0.29) is 17.4 Å². The van der Waals surface area contributed by atoms with Crippen molar-refractivity contribution in [3.8, 4) is 11.5 Å². The Labute approximate surface area is 158 Å². The van der Waals surface area contributed by atoms with Crippen LogP contribution in [0.1, 0.15) is 53.4 Å². The summed E-state index contributed by atoms with van der Waals surface area (Å²) in [5, 5.41) is 11.8. The van der Waals surface area contributed by atoms with Crippen molar-refractivity contribution >= 4 is 11.9 Å². The molecule has 1 aromatic heterocycles. The standard InChI is InChI=1S/C20H24N2O5/c1-12(2)11-27-17-9-8-14(10-18(17)26-4)13(3)21-19(23)15-6-5-7-16(22-15)20(24)25/h5-10,12-13H,11H2,1-4H3,(H,21,23)(H,24,25). The Morgan fingerprint density at radius 2 is 1.81 bits per heavy atom. The Morgan fingerprint density at radius 3 is 2.44 bits per heavy atom. The van der Waals surface area contributed by atoms with Crippen molar-refractivity contribution < 1.29 is 24.2 Å². The van der Waals surface area contributed by atoms with Gasteiger partial charge in [-0.15, -0.1) is 0 Å². The van der Waals surface area contributed by atoms with Crippen molar-refractivity contribution in [1.29, 1.82) is 0 Å². The molecule has 2 rings (SSSR count). The third kappa shape index (κ3) is 5.44. The van der Waals surface area contributed by atoms with E-state index in [9.17, 15) is 9.59 Å². The van der Waals surface area contributed by atoms with Crippen molar-refractivity contribution in [2.75, 3.05) is 13.7 Å². The van der Waals surface area contributed by atoms with Crippen molar-refractivity contribution in [2.45, 2.75) is 26.8 Å². The molecule has 1 aromatic carbocycles. The zero-order valence-corrected chi connectivity index (χ0v) is 15.9. The zero-order chi connectivity index (χ0) is 20.0. The maximum Gasteiger partial charge on any atom is 0.354 e. The van der Waals surface area contributed by atoms with Crippen LogP contribution in [0.4, 0.5) is 0 Å². The van der Waals surface area contributed by atoms with Crippen molar-refractivity contribution in [1.82, 2.24) is 10.3 Å². The molecule has 1 amide bonds. The molecule has 0 spiro atoms. The van der Waals surface area contributed by atoms with Gasteiger partial charge in [0, 0.05) is 0 Å². The number of nitrogens with one attached hydrogen (secondary N) is 1. The van der Waals surface area contributed by atoms with Crippen LogP contribution in [-0.2, 0) is 0 Å².